The van der Waals surface area contributed by atoms with E-state index in [4.69, 9.17) is 16.3 Å². The average Bonchev–Trinajstić information content (AvgIpc) is 2.73. The molecule has 0 saturated heterocycles. The first-order valence-corrected chi connectivity index (χ1v) is 6.94. The summed E-state index contributed by atoms with van der Waals surface area (Å²) in [6.07, 6.45) is 1.94. The van der Waals surface area contributed by atoms with Crippen molar-refractivity contribution >= 4 is 28.6 Å². The molecule has 0 radical (unpaired) electrons. The number of benzene rings is 1. The van der Waals surface area contributed by atoms with Crippen molar-refractivity contribution in [3.63, 3.8) is 0 Å². The third kappa shape index (κ3) is 3.62. The molecule has 0 unspecified atom stereocenters. The van der Waals surface area contributed by atoms with Crippen LogP contribution < -0.4 is 10.1 Å². The molecule has 0 amide bonds. The lowest BCUT2D eigenvalue weighted by Crippen LogP contribution is -2.08. The molecule has 18 heavy (non-hydrogen) atoms. The number of nitrogens with zero attached hydrogens (tertiary/aromatic N) is 1. The molecule has 0 aliphatic rings. The maximum atomic E-state index is 5.80. The molecular weight excluding hydrogens is 268 g/mol. The second-order valence-electron chi connectivity index (χ2n) is 4.10. The van der Waals surface area contributed by atoms with Crippen LogP contribution in [0.1, 0.15) is 18.7 Å². The Bertz CT molecular complexity index is 513. The quantitative estimate of drug-likeness (QED) is 0.893. The van der Waals surface area contributed by atoms with Crippen LogP contribution in [0.2, 0.25) is 4.47 Å². The Balaban J connectivity index is 2.04. The number of halogens is 1. The Hall–Kier alpha value is -1.26. The molecule has 0 aliphatic heterocycles. The zero-order chi connectivity index (χ0) is 13.0. The fourth-order valence-corrected chi connectivity index (χ4v) is 2.43. The van der Waals surface area contributed by atoms with E-state index in [1.54, 1.807) is 6.20 Å². The normalized spacial score (nSPS) is 10.7. The van der Waals surface area contributed by atoms with Gasteiger partial charge in [-0.1, -0.05) is 23.7 Å². The molecule has 3 nitrogen and oxygen atoms in total. The van der Waals surface area contributed by atoms with Gasteiger partial charge in [0.2, 0.25) is 0 Å². The average molecular weight is 283 g/mol. The number of nitrogens with one attached hydrogen (secondary N) is 1. The van der Waals surface area contributed by atoms with Crippen LogP contribution in [0.15, 0.2) is 30.5 Å². The first-order valence-electron chi connectivity index (χ1n) is 5.75. The van der Waals surface area contributed by atoms with Crippen molar-refractivity contribution in [1.82, 2.24) is 4.98 Å². The van der Waals surface area contributed by atoms with Crippen LogP contribution in [-0.2, 0) is 6.54 Å². The molecule has 1 N–H and O–H groups in total. The SMILES string of the molecule is CC(C)Oc1ccccc1NCc1cnc(Cl)s1. The van der Waals surface area contributed by atoms with Gasteiger partial charge in [0.05, 0.1) is 18.3 Å². The molecule has 0 fully saturated rings. The molecule has 2 aromatic rings. The van der Waals surface area contributed by atoms with Crippen molar-refractivity contribution < 1.29 is 4.74 Å². The molecule has 0 aliphatic carbocycles. The van der Waals surface area contributed by atoms with Crippen molar-refractivity contribution in [1.29, 1.82) is 0 Å². The summed E-state index contributed by atoms with van der Waals surface area (Å²) in [4.78, 5) is 5.11. The van der Waals surface area contributed by atoms with Crippen molar-refractivity contribution in [3.8, 4) is 5.75 Å². The Kier molecular flexibility index (Phi) is 4.44. The highest BCUT2D eigenvalue weighted by Gasteiger charge is 2.05. The van der Waals surface area contributed by atoms with E-state index in [1.165, 1.54) is 11.3 Å². The molecule has 1 aromatic carbocycles. The molecule has 0 spiro atoms. The second kappa shape index (κ2) is 6.07. The van der Waals surface area contributed by atoms with Gasteiger partial charge < -0.3 is 10.1 Å². The molecule has 1 aromatic heterocycles. The van der Waals surface area contributed by atoms with Gasteiger partial charge in [-0.25, -0.2) is 4.98 Å². The molecular formula is C13H15ClN2OS. The minimum atomic E-state index is 0.158. The highest BCUT2D eigenvalue weighted by Crippen LogP contribution is 2.26. The van der Waals surface area contributed by atoms with Gasteiger partial charge in [0.15, 0.2) is 4.47 Å². The van der Waals surface area contributed by atoms with Gasteiger partial charge in [-0.15, -0.1) is 11.3 Å². The van der Waals surface area contributed by atoms with E-state index in [2.05, 4.69) is 10.3 Å². The van der Waals surface area contributed by atoms with Gasteiger partial charge in [-0.05, 0) is 26.0 Å². The molecule has 1 heterocycles. The summed E-state index contributed by atoms with van der Waals surface area (Å²) in [5.74, 6) is 0.864. The summed E-state index contributed by atoms with van der Waals surface area (Å²) >= 11 is 7.27. The predicted molar refractivity (Wildman–Crippen MR) is 76.7 cm³/mol. The first-order chi connectivity index (χ1) is 8.65. The Morgan fingerprint density at radius 3 is 2.83 bits per heavy atom. The number of anilines is 1. The van der Waals surface area contributed by atoms with E-state index in [-0.39, 0.29) is 6.10 Å². The van der Waals surface area contributed by atoms with E-state index < -0.39 is 0 Å². The maximum Gasteiger partial charge on any atom is 0.183 e. The zero-order valence-corrected chi connectivity index (χ0v) is 11.9. The zero-order valence-electron chi connectivity index (χ0n) is 10.3. The third-order valence-corrected chi connectivity index (χ3v) is 3.34. The predicted octanol–water partition coefficient (Wildman–Crippen LogP) is 4.20. The number of hydrogen-bond acceptors (Lipinski definition) is 4. The lowest BCUT2D eigenvalue weighted by Gasteiger charge is -2.14. The maximum absolute atomic E-state index is 5.80. The van der Waals surface area contributed by atoms with Crippen LogP contribution in [0.4, 0.5) is 5.69 Å². The third-order valence-electron chi connectivity index (χ3n) is 2.23. The number of aromatic nitrogens is 1. The van der Waals surface area contributed by atoms with E-state index in [9.17, 15) is 0 Å². The van der Waals surface area contributed by atoms with Crippen molar-refractivity contribution in [3.05, 3.63) is 39.8 Å². The smallest absolute Gasteiger partial charge is 0.183 e. The number of thiazole rings is 1. The van der Waals surface area contributed by atoms with Gasteiger partial charge in [-0.3, -0.25) is 0 Å². The number of rotatable bonds is 5. The summed E-state index contributed by atoms with van der Waals surface area (Å²) < 4.78 is 6.31. The Labute approximate surface area is 116 Å². The van der Waals surface area contributed by atoms with Crippen molar-refractivity contribution in [2.24, 2.45) is 0 Å². The number of hydrogen-bond donors (Lipinski definition) is 1. The van der Waals surface area contributed by atoms with E-state index in [0.29, 0.717) is 11.0 Å². The highest BCUT2D eigenvalue weighted by atomic mass is 35.5. The summed E-state index contributed by atoms with van der Waals surface area (Å²) in [5.41, 5.74) is 0.982. The summed E-state index contributed by atoms with van der Waals surface area (Å²) in [5, 5.41) is 3.34. The fourth-order valence-electron chi connectivity index (χ4n) is 1.52. The van der Waals surface area contributed by atoms with Crippen LogP contribution in [0.25, 0.3) is 0 Å². The monoisotopic (exact) mass is 282 g/mol. The minimum Gasteiger partial charge on any atom is -0.489 e. The second-order valence-corrected chi connectivity index (χ2v) is 5.79. The topological polar surface area (TPSA) is 34.1 Å². The molecule has 96 valence electrons. The van der Waals surface area contributed by atoms with Gasteiger partial charge in [-0.2, -0.15) is 0 Å². The van der Waals surface area contributed by atoms with Gasteiger partial charge >= 0.3 is 0 Å². The van der Waals surface area contributed by atoms with Crippen molar-refractivity contribution in [2.75, 3.05) is 5.32 Å². The number of ether oxygens (including phenoxy) is 1. The van der Waals surface area contributed by atoms with Gasteiger partial charge in [0.25, 0.3) is 0 Å². The fraction of sp³-hybridized carbons (Fsp3) is 0.308. The Morgan fingerprint density at radius 1 is 1.39 bits per heavy atom. The van der Waals surface area contributed by atoms with Crippen LogP contribution in [0.5, 0.6) is 5.75 Å². The van der Waals surface area contributed by atoms with E-state index in [0.717, 1.165) is 16.3 Å². The molecule has 2 rings (SSSR count). The lowest BCUT2D eigenvalue weighted by atomic mass is 10.3. The van der Waals surface area contributed by atoms with E-state index >= 15 is 0 Å². The summed E-state index contributed by atoms with van der Waals surface area (Å²) in [6, 6.07) is 7.91. The molecule has 0 bridgehead atoms. The van der Waals surface area contributed by atoms with Crippen LogP contribution in [0, 0.1) is 0 Å². The largest absolute Gasteiger partial charge is 0.489 e. The van der Waals surface area contributed by atoms with Crippen LogP contribution in [0.3, 0.4) is 0 Å². The standard InChI is InChI=1S/C13H15ClN2OS/c1-9(2)17-12-6-4-3-5-11(12)15-7-10-8-16-13(14)18-10/h3-6,8-9,15H,7H2,1-2H3. The van der Waals surface area contributed by atoms with Crippen LogP contribution >= 0.6 is 22.9 Å². The summed E-state index contributed by atoms with van der Waals surface area (Å²) in [7, 11) is 0. The minimum absolute atomic E-state index is 0.158. The summed E-state index contributed by atoms with van der Waals surface area (Å²) in [6.45, 7) is 4.72. The van der Waals surface area contributed by atoms with Crippen molar-refractivity contribution in [2.45, 2.75) is 26.5 Å². The number of para-hydroxylation sites is 2. The molecule has 5 heteroatoms. The van der Waals surface area contributed by atoms with Gasteiger partial charge in [0.1, 0.15) is 5.75 Å². The Morgan fingerprint density at radius 2 is 2.17 bits per heavy atom. The van der Waals surface area contributed by atoms with Crippen LogP contribution in [-0.4, -0.2) is 11.1 Å². The first kappa shape index (κ1) is 13.2. The van der Waals surface area contributed by atoms with Gasteiger partial charge in [0, 0.05) is 11.1 Å². The highest BCUT2D eigenvalue weighted by molar-refractivity contribution is 7.15. The molecule has 0 saturated carbocycles. The van der Waals surface area contributed by atoms with E-state index in [1.807, 2.05) is 38.1 Å². The molecule has 0 atom stereocenters. The lowest BCUT2D eigenvalue weighted by molar-refractivity contribution is 0.243.